The Morgan fingerprint density at radius 2 is 1.96 bits per heavy atom. The number of rotatable bonds is 6. The van der Waals surface area contributed by atoms with Crippen molar-refractivity contribution in [2.45, 2.75) is 13.5 Å². The summed E-state index contributed by atoms with van der Waals surface area (Å²) in [5.41, 5.74) is 1.78. The number of benzene rings is 2. The van der Waals surface area contributed by atoms with Crippen LogP contribution in [0.15, 0.2) is 48.5 Å². The molecule has 0 N–H and O–H groups in total. The lowest BCUT2D eigenvalue weighted by molar-refractivity contribution is -0.386. The van der Waals surface area contributed by atoms with Crippen molar-refractivity contribution in [3.63, 3.8) is 0 Å². The first-order valence-corrected chi connectivity index (χ1v) is 8.37. The molecule has 0 atom stereocenters. The molecule has 0 spiro atoms. The zero-order valence-electron chi connectivity index (χ0n) is 13.8. The summed E-state index contributed by atoms with van der Waals surface area (Å²) in [4.78, 5) is 16.2. The van der Waals surface area contributed by atoms with Crippen molar-refractivity contribution in [2.75, 3.05) is 7.11 Å². The molecule has 0 bridgehead atoms. The van der Waals surface area contributed by atoms with Gasteiger partial charge in [-0.1, -0.05) is 30.3 Å². The maximum Gasteiger partial charge on any atom is 0.314 e. The zero-order chi connectivity index (χ0) is 17.8. The first-order valence-electron chi connectivity index (χ1n) is 7.55. The van der Waals surface area contributed by atoms with E-state index in [2.05, 4.69) is 4.98 Å². The first kappa shape index (κ1) is 16.9. The third kappa shape index (κ3) is 3.77. The standard InChI is InChI=1S/C18H16N2O4S/c1-12-17(25-18(19-12)13-6-4-3-5-7-13)11-24-16-9-8-14(23-2)10-15(16)20(21)22/h3-10H,11H2,1-2H3. The number of aromatic nitrogens is 1. The van der Waals surface area contributed by atoms with Crippen molar-refractivity contribution in [2.24, 2.45) is 0 Å². The lowest BCUT2D eigenvalue weighted by Gasteiger charge is -2.07. The highest BCUT2D eigenvalue weighted by molar-refractivity contribution is 7.15. The van der Waals surface area contributed by atoms with E-state index in [-0.39, 0.29) is 18.0 Å². The Bertz CT molecular complexity index is 893. The molecule has 0 saturated carbocycles. The summed E-state index contributed by atoms with van der Waals surface area (Å²) in [6, 6.07) is 14.4. The van der Waals surface area contributed by atoms with Crippen LogP contribution in [0.3, 0.4) is 0 Å². The summed E-state index contributed by atoms with van der Waals surface area (Å²) in [7, 11) is 1.46. The summed E-state index contributed by atoms with van der Waals surface area (Å²) in [6.45, 7) is 2.13. The average molecular weight is 356 g/mol. The molecule has 0 radical (unpaired) electrons. The monoisotopic (exact) mass is 356 g/mol. The van der Waals surface area contributed by atoms with Crippen LogP contribution in [-0.2, 0) is 6.61 Å². The Hall–Kier alpha value is -2.93. The van der Waals surface area contributed by atoms with Gasteiger partial charge in [-0.15, -0.1) is 11.3 Å². The Balaban J connectivity index is 1.81. The summed E-state index contributed by atoms with van der Waals surface area (Å²) in [5, 5.41) is 12.1. The minimum atomic E-state index is -0.479. The Morgan fingerprint density at radius 3 is 2.64 bits per heavy atom. The molecule has 6 nitrogen and oxygen atoms in total. The highest BCUT2D eigenvalue weighted by atomic mass is 32.1. The van der Waals surface area contributed by atoms with Gasteiger partial charge in [0.25, 0.3) is 0 Å². The van der Waals surface area contributed by atoms with Crippen LogP contribution in [0.1, 0.15) is 10.6 Å². The second kappa shape index (κ2) is 7.31. The molecule has 0 saturated heterocycles. The Labute approximate surface area is 148 Å². The average Bonchev–Trinajstić information content (AvgIpc) is 3.01. The van der Waals surface area contributed by atoms with Gasteiger partial charge in [0.2, 0.25) is 0 Å². The minimum absolute atomic E-state index is 0.121. The molecule has 0 unspecified atom stereocenters. The number of nitro groups is 1. The lowest BCUT2D eigenvalue weighted by atomic mass is 10.2. The number of methoxy groups -OCH3 is 1. The van der Waals surface area contributed by atoms with E-state index in [4.69, 9.17) is 9.47 Å². The lowest BCUT2D eigenvalue weighted by Crippen LogP contribution is -1.99. The molecule has 0 aliphatic carbocycles. The molecule has 3 rings (SSSR count). The van der Waals surface area contributed by atoms with Gasteiger partial charge in [-0.3, -0.25) is 10.1 Å². The summed E-state index contributed by atoms with van der Waals surface area (Å²) >= 11 is 1.52. The molecule has 1 heterocycles. The van der Waals surface area contributed by atoms with Crippen molar-refractivity contribution in [1.82, 2.24) is 4.98 Å². The van der Waals surface area contributed by atoms with Gasteiger partial charge in [0.05, 0.1) is 28.7 Å². The molecule has 0 amide bonds. The summed E-state index contributed by atoms with van der Waals surface area (Å²) < 4.78 is 10.7. The number of thiazole rings is 1. The molecule has 3 aromatic rings. The molecule has 0 aliphatic heterocycles. The molecule has 0 aliphatic rings. The van der Waals surface area contributed by atoms with Crippen LogP contribution in [0, 0.1) is 17.0 Å². The molecular formula is C18H16N2O4S. The van der Waals surface area contributed by atoms with Crippen LogP contribution >= 0.6 is 11.3 Å². The van der Waals surface area contributed by atoms with Crippen LogP contribution in [0.2, 0.25) is 0 Å². The maximum absolute atomic E-state index is 11.2. The summed E-state index contributed by atoms with van der Waals surface area (Å²) in [6.07, 6.45) is 0. The van der Waals surface area contributed by atoms with E-state index >= 15 is 0 Å². The SMILES string of the molecule is COc1ccc(OCc2sc(-c3ccccc3)nc2C)c([N+](=O)[O-])c1. The number of nitro benzene ring substituents is 1. The number of aryl methyl sites for hydroxylation is 1. The van der Waals surface area contributed by atoms with E-state index in [1.54, 1.807) is 12.1 Å². The summed E-state index contributed by atoms with van der Waals surface area (Å²) in [5.74, 6) is 0.624. The van der Waals surface area contributed by atoms with E-state index in [0.29, 0.717) is 5.75 Å². The van der Waals surface area contributed by atoms with E-state index in [9.17, 15) is 10.1 Å². The van der Waals surface area contributed by atoms with E-state index in [0.717, 1.165) is 21.1 Å². The van der Waals surface area contributed by atoms with E-state index in [1.165, 1.54) is 24.5 Å². The Kier molecular flexibility index (Phi) is 4.95. The second-order valence-electron chi connectivity index (χ2n) is 5.27. The number of ether oxygens (including phenoxy) is 2. The van der Waals surface area contributed by atoms with Crippen LogP contribution in [-0.4, -0.2) is 17.0 Å². The zero-order valence-corrected chi connectivity index (χ0v) is 14.6. The van der Waals surface area contributed by atoms with Gasteiger partial charge in [0.15, 0.2) is 5.75 Å². The number of nitrogens with zero attached hydrogens (tertiary/aromatic N) is 2. The van der Waals surface area contributed by atoms with Crippen molar-refractivity contribution < 1.29 is 14.4 Å². The van der Waals surface area contributed by atoms with Crippen LogP contribution in [0.25, 0.3) is 10.6 Å². The molecule has 7 heteroatoms. The van der Waals surface area contributed by atoms with Gasteiger partial charge in [-0.25, -0.2) is 4.98 Å². The highest BCUT2D eigenvalue weighted by Gasteiger charge is 2.18. The van der Waals surface area contributed by atoms with Crippen LogP contribution < -0.4 is 9.47 Å². The van der Waals surface area contributed by atoms with Gasteiger partial charge in [0.1, 0.15) is 17.4 Å². The van der Waals surface area contributed by atoms with E-state index < -0.39 is 4.92 Å². The fraction of sp³-hybridized carbons (Fsp3) is 0.167. The smallest absolute Gasteiger partial charge is 0.314 e. The normalized spacial score (nSPS) is 10.5. The van der Waals surface area contributed by atoms with Gasteiger partial charge < -0.3 is 9.47 Å². The second-order valence-corrected chi connectivity index (χ2v) is 6.36. The molecule has 25 heavy (non-hydrogen) atoms. The maximum atomic E-state index is 11.2. The Morgan fingerprint density at radius 1 is 1.20 bits per heavy atom. The molecular weight excluding hydrogens is 340 g/mol. The van der Waals surface area contributed by atoms with Crippen LogP contribution in [0.5, 0.6) is 11.5 Å². The third-order valence-corrected chi connectivity index (χ3v) is 4.81. The fourth-order valence-electron chi connectivity index (χ4n) is 2.30. The van der Waals surface area contributed by atoms with Crippen molar-refractivity contribution in [3.05, 3.63) is 69.2 Å². The predicted molar refractivity (Wildman–Crippen MR) is 96.3 cm³/mol. The fourth-order valence-corrected chi connectivity index (χ4v) is 3.28. The quantitative estimate of drug-likeness (QED) is 0.476. The van der Waals surface area contributed by atoms with E-state index in [1.807, 2.05) is 37.3 Å². The molecule has 2 aromatic carbocycles. The minimum Gasteiger partial charge on any atom is -0.496 e. The molecule has 0 fully saturated rings. The van der Waals surface area contributed by atoms with Crippen molar-refractivity contribution >= 4 is 17.0 Å². The molecule has 128 valence electrons. The number of hydrogen-bond acceptors (Lipinski definition) is 6. The highest BCUT2D eigenvalue weighted by Crippen LogP contribution is 2.33. The first-order chi connectivity index (χ1) is 12.1. The largest absolute Gasteiger partial charge is 0.496 e. The van der Waals surface area contributed by atoms with Gasteiger partial charge in [0, 0.05) is 5.56 Å². The van der Waals surface area contributed by atoms with Gasteiger partial charge >= 0.3 is 5.69 Å². The van der Waals surface area contributed by atoms with Gasteiger partial charge in [-0.2, -0.15) is 0 Å². The predicted octanol–water partition coefficient (Wildman–Crippen LogP) is 4.61. The number of hydrogen-bond donors (Lipinski definition) is 0. The molecule has 1 aromatic heterocycles. The third-order valence-electron chi connectivity index (χ3n) is 3.63. The van der Waals surface area contributed by atoms with Crippen molar-refractivity contribution in [3.8, 4) is 22.1 Å². The van der Waals surface area contributed by atoms with Crippen molar-refractivity contribution in [1.29, 1.82) is 0 Å². The topological polar surface area (TPSA) is 74.5 Å². The van der Waals surface area contributed by atoms with Crippen LogP contribution in [0.4, 0.5) is 5.69 Å². The van der Waals surface area contributed by atoms with Gasteiger partial charge in [-0.05, 0) is 19.1 Å².